The highest BCUT2D eigenvalue weighted by Gasteiger charge is 2.07. The lowest BCUT2D eigenvalue weighted by Gasteiger charge is -1.98. The minimum Gasteiger partial charge on any atom is -0.253 e. The van der Waals surface area contributed by atoms with Crippen LogP contribution in [0.25, 0.3) is 23.0 Å². The first-order chi connectivity index (χ1) is 10.9. The third-order valence-electron chi connectivity index (χ3n) is 2.27. The quantitative estimate of drug-likeness (QED) is 0.721. The van der Waals surface area contributed by atoms with E-state index >= 15 is 0 Å². The number of aromatic nitrogens is 6. The lowest BCUT2D eigenvalue weighted by molar-refractivity contribution is 0.865. The van der Waals surface area contributed by atoms with Gasteiger partial charge >= 0.3 is 0 Å². The molecule has 0 unspecified atom stereocenters. The van der Waals surface area contributed by atoms with Crippen LogP contribution >= 0.6 is 0 Å². The zero-order valence-electron chi connectivity index (χ0n) is 13.3. The molecule has 3 rings (SSSR count). The van der Waals surface area contributed by atoms with Crippen molar-refractivity contribution in [3.8, 4) is 23.0 Å². The van der Waals surface area contributed by atoms with Gasteiger partial charge in [0.15, 0.2) is 0 Å². The Morgan fingerprint density at radius 2 is 0.909 bits per heavy atom. The third-order valence-corrected chi connectivity index (χ3v) is 2.27. The normalized spacial score (nSPS) is 8.91. The Balaban J connectivity index is 0.000000561. The zero-order chi connectivity index (χ0) is 16.2. The SMILES string of the molecule is CC.CC.c1ccc(-c2nnc(-c3ccccn3)nn2)nc1. The fraction of sp³-hybridized carbons (Fsp3) is 0.250. The van der Waals surface area contributed by atoms with Gasteiger partial charge in [0.1, 0.15) is 11.4 Å². The number of hydrogen-bond donors (Lipinski definition) is 0. The molecule has 6 nitrogen and oxygen atoms in total. The maximum Gasteiger partial charge on any atom is 0.221 e. The van der Waals surface area contributed by atoms with Gasteiger partial charge in [-0.3, -0.25) is 9.97 Å². The Morgan fingerprint density at radius 1 is 0.545 bits per heavy atom. The van der Waals surface area contributed by atoms with Crippen molar-refractivity contribution in [2.75, 3.05) is 0 Å². The third kappa shape index (κ3) is 4.66. The van der Waals surface area contributed by atoms with Crippen LogP contribution in [-0.4, -0.2) is 30.4 Å². The van der Waals surface area contributed by atoms with Gasteiger partial charge in [0.25, 0.3) is 0 Å². The summed E-state index contributed by atoms with van der Waals surface area (Å²) in [5.74, 6) is 0.797. The summed E-state index contributed by atoms with van der Waals surface area (Å²) in [6.45, 7) is 8.00. The molecule has 0 N–H and O–H groups in total. The monoisotopic (exact) mass is 296 g/mol. The second-order valence-corrected chi connectivity index (χ2v) is 3.48. The van der Waals surface area contributed by atoms with Crippen LogP contribution < -0.4 is 0 Å². The summed E-state index contributed by atoms with van der Waals surface area (Å²) in [7, 11) is 0. The predicted octanol–water partition coefficient (Wildman–Crippen LogP) is 3.44. The van der Waals surface area contributed by atoms with E-state index in [1.165, 1.54) is 0 Å². The minimum absolute atomic E-state index is 0.398. The molecule has 0 amide bonds. The Bertz CT molecular complexity index is 567. The van der Waals surface area contributed by atoms with Gasteiger partial charge in [-0.25, -0.2) is 0 Å². The standard InChI is InChI=1S/C12H8N6.2C2H6/c1-3-7-13-9(5-1)11-15-17-12(18-16-11)10-6-2-4-8-14-10;2*1-2/h1-8H;2*1-2H3. The van der Waals surface area contributed by atoms with E-state index in [0.717, 1.165) is 0 Å². The zero-order valence-corrected chi connectivity index (χ0v) is 13.3. The molecule has 3 heterocycles. The number of pyridine rings is 2. The van der Waals surface area contributed by atoms with Crippen LogP contribution in [0.3, 0.4) is 0 Å². The number of rotatable bonds is 2. The molecule has 0 bridgehead atoms. The summed E-state index contributed by atoms with van der Waals surface area (Å²) in [6, 6.07) is 11.0. The van der Waals surface area contributed by atoms with Gasteiger partial charge in [-0.05, 0) is 24.3 Å². The molecule has 0 aliphatic rings. The van der Waals surface area contributed by atoms with Crippen LogP contribution in [0.1, 0.15) is 27.7 Å². The molecule has 0 radical (unpaired) electrons. The van der Waals surface area contributed by atoms with Crippen molar-refractivity contribution in [2.45, 2.75) is 27.7 Å². The van der Waals surface area contributed by atoms with E-state index in [1.54, 1.807) is 24.5 Å². The number of hydrogen-bond acceptors (Lipinski definition) is 6. The van der Waals surface area contributed by atoms with Crippen LogP contribution in [0.4, 0.5) is 0 Å². The number of nitrogens with zero attached hydrogens (tertiary/aromatic N) is 6. The lowest BCUT2D eigenvalue weighted by Crippen LogP contribution is -2.00. The summed E-state index contributed by atoms with van der Waals surface area (Å²) in [6.07, 6.45) is 3.34. The molecule has 3 aromatic heterocycles. The summed E-state index contributed by atoms with van der Waals surface area (Å²) < 4.78 is 0. The van der Waals surface area contributed by atoms with Crippen LogP contribution in [0, 0.1) is 0 Å². The van der Waals surface area contributed by atoms with E-state index in [0.29, 0.717) is 23.0 Å². The fourth-order valence-electron chi connectivity index (χ4n) is 1.42. The van der Waals surface area contributed by atoms with Gasteiger partial charge in [0, 0.05) is 12.4 Å². The molecule has 3 aromatic rings. The first-order valence-corrected chi connectivity index (χ1v) is 7.34. The van der Waals surface area contributed by atoms with Gasteiger partial charge in [0.2, 0.25) is 11.6 Å². The van der Waals surface area contributed by atoms with Crippen molar-refractivity contribution >= 4 is 0 Å². The molecular weight excluding hydrogens is 276 g/mol. The van der Waals surface area contributed by atoms with Gasteiger partial charge in [0.05, 0.1) is 0 Å². The largest absolute Gasteiger partial charge is 0.253 e. The molecule has 0 fully saturated rings. The lowest BCUT2D eigenvalue weighted by atomic mass is 10.3. The molecule has 0 spiro atoms. The highest BCUT2D eigenvalue weighted by molar-refractivity contribution is 5.50. The van der Waals surface area contributed by atoms with Crippen LogP contribution in [0.2, 0.25) is 0 Å². The second-order valence-electron chi connectivity index (χ2n) is 3.48. The molecule has 0 aromatic carbocycles. The molecule has 0 aliphatic carbocycles. The molecule has 114 valence electrons. The topological polar surface area (TPSA) is 77.3 Å². The average Bonchev–Trinajstić information content (AvgIpc) is 2.67. The molecule has 22 heavy (non-hydrogen) atoms. The average molecular weight is 296 g/mol. The van der Waals surface area contributed by atoms with Gasteiger partial charge < -0.3 is 0 Å². The van der Waals surface area contributed by atoms with E-state index in [2.05, 4.69) is 30.4 Å². The van der Waals surface area contributed by atoms with Crippen molar-refractivity contribution in [3.63, 3.8) is 0 Å². The molecular formula is C16H20N6. The summed E-state index contributed by atoms with van der Waals surface area (Å²) in [4.78, 5) is 8.26. The Labute approximate surface area is 130 Å². The first-order valence-electron chi connectivity index (χ1n) is 7.34. The summed E-state index contributed by atoms with van der Waals surface area (Å²) in [5, 5.41) is 16.0. The maximum absolute atomic E-state index is 4.13. The van der Waals surface area contributed by atoms with E-state index in [9.17, 15) is 0 Å². The van der Waals surface area contributed by atoms with Crippen LogP contribution in [0.5, 0.6) is 0 Å². The maximum atomic E-state index is 4.13. The predicted molar refractivity (Wildman–Crippen MR) is 86.8 cm³/mol. The second kappa shape index (κ2) is 10.0. The van der Waals surface area contributed by atoms with Crippen LogP contribution in [0.15, 0.2) is 48.8 Å². The molecule has 6 heteroatoms. The highest BCUT2D eigenvalue weighted by atomic mass is 15.3. The minimum atomic E-state index is 0.398. The Kier molecular flexibility index (Phi) is 7.89. The summed E-state index contributed by atoms with van der Waals surface area (Å²) >= 11 is 0. The van der Waals surface area contributed by atoms with Crippen molar-refractivity contribution in [3.05, 3.63) is 48.8 Å². The van der Waals surface area contributed by atoms with Crippen molar-refractivity contribution in [1.29, 1.82) is 0 Å². The van der Waals surface area contributed by atoms with Gasteiger partial charge in [-0.1, -0.05) is 39.8 Å². The van der Waals surface area contributed by atoms with Crippen molar-refractivity contribution < 1.29 is 0 Å². The highest BCUT2D eigenvalue weighted by Crippen LogP contribution is 2.11. The molecule has 0 aliphatic heterocycles. The van der Waals surface area contributed by atoms with E-state index in [4.69, 9.17) is 0 Å². The first kappa shape index (κ1) is 17.3. The van der Waals surface area contributed by atoms with Crippen LogP contribution in [-0.2, 0) is 0 Å². The van der Waals surface area contributed by atoms with Crippen molar-refractivity contribution in [1.82, 2.24) is 30.4 Å². The molecule has 0 atom stereocenters. The summed E-state index contributed by atoms with van der Waals surface area (Å²) in [5.41, 5.74) is 1.29. The van der Waals surface area contributed by atoms with E-state index in [-0.39, 0.29) is 0 Å². The van der Waals surface area contributed by atoms with Gasteiger partial charge in [-0.2, -0.15) is 0 Å². The fourth-order valence-corrected chi connectivity index (χ4v) is 1.42. The van der Waals surface area contributed by atoms with E-state index in [1.807, 2.05) is 52.0 Å². The molecule has 0 saturated carbocycles. The Hall–Kier alpha value is -2.76. The Morgan fingerprint density at radius 3 is 1.18 bits per heavy atom. The van der Waals surface area contributed by atoms with E-state index < -0.39 is 0 Å². The van der Waals surface area contributed by atoms with Crippen molar-refractivity contribution in [2.24, 2.45) is 0 Å². The van der Waals surface area contributed by atoms with Gasteiger partial charge in [-0.15, -0.1) is 20.4 Å². The molecule has 0 saturated heterocycles. The smallest absolute Gasteiger partial charge is 0.221 e.